The summed E-state index contributed by atoms with van der Waals surface area (Å²) in [7, 11) is 1.60. The number of carbonyl (C=O) groups excluding carboxylic acids is 1. The Balaban J connectivity index is 1.77. The van der Waals surface area contributed by atoms with Gasteiger partial charge in [0, 0.05) is 30.8 Å². The first-order valence-electron chi connectivity index (χ1n) is 6.41. The van der Waals surface area contributed by atoms with Crippen LogP contribution >= 0.6 is 0 Å². The van der Waals surface area contributed by atoms with Crippen molar-refractivity contribution in [1.29, 1.82) is 0 Å². The Morgan fingerprint density at radius 3 is 2.95 bits per heavy atom. The van der Waals surface area contributed by atoms with Crippen molar-refractivity contribution in [3.8, 4) is 5.75 Å². The van der Waals surface area contributed by atoms with Crippen LogP contribution in [0.15, 0.2) is 28.8 Å². The molecule has 0 unspecified atom stereocenters. The fourth-order valence-electron chi connectivity index (χ4n) is 2.18. The Morgan fingerprint density at radius 1 is 1.40 bits per heavy atom. The van der Waals surface area contributed by atoms with Crippen molar-refractivity contribution in [2.45, 2.75) is 13.0 Å². The molecule has 0 saturated heterocycles. The molecular weight excluding hydrogens is 258 g/mol. The smallest absolute Gasteiger partial charge is 0.278 e. The molecule has 1 aliphatic heterocycles. The lowest BCUT2D eigenvalue weighted by Crippen LogP contribution is -2.25. The second kappa shape index (κ2) is 5.34. The molecule has 1 aromatic heterocycles. The number of anilines is 1. The standard InChI is InChI=1S/C14H15N3O3/c1-19-10-4-2-9(3-5-10)16-14(18)13-11-8-15-7-6-12(11)20-17-13/h2-5,15H,6-8H2,1H3,(H,16,18). The molecule has 0 fully saturated rings. The normalized spacial score (nSPS) is 13.7. The number of aromatic nitrogens is 1. The summed E-state index contributed by atoms with van der Waals surface area (Å²) >= 11 is 0. The fraction of sp³-hybridized carbons (Fsp3) is 0.286. The zero-order chi connectivity index (χ0) is 13.9. The molecule has 0 radical (unpaired) electrons. The number of nitrogens with zero attached hydrogens (tertiary/aromatic N) is 1. The van der Waals surface area contributed by atoms with Gasteiger partial charge in [0.15, 0.2) is 5.69 Å². The maximum Gasteiger partial charge on any atom is 0.278 e. The van der Waals surface area contributed by atoms with Crippen molar-refractivity contribution in [3.05, 3.63) is 41.3 Å². The largest absolute Gasteiger partial charge is 0.497 e. The molecule has 0 saturated carbocycles. The predicted octanol–water partition coefficient (Wildman–Crippen LogP) is 1.58. The highest BCUT2D eigenvalue weighted by atomic mass is 16.5. The Bertz CT molecular complexity index is 619. The van der Waals surface area contributed by atoms with Crippen molar-refractivity contribution in [2.75, 3.05) is 19.0 Å². The number of nitrogens with one attached hydrogen (secondary N) is 2. The number of ether oxygens (including phenoxy) is 1. The van der Waals surface area contributed by atoms with Gasteiger partial charge >= 0.3 is 0 Å². The molecule has 1 aliphatic rings. The van der Waals surface area contributed by atoms with Crippen LogP contribution in [-0.2, 0) is 13.0 Å². The van der Waals surface area contributed by atoms with Crippen molar-refractivity contribution in [1.82, 2.24) is 10.5 Å². The van der Waals surface area contributed by atoms with Crippen LogP contribution in [-0.4, -0.2) is 24.7 Å². The van der Waals surface area contributed by atoms with E-state index in [0.717, 1.165) is 30.0 Å². The molecule has 0 aliphatic carbocycles. The molecule has 6 heteroatoms. The summed E-state index contributed by atoms with van der Waals surface area (Å²) in [6, 6.07) is 7.13. The van der Waals surface area contributed by atoms with Crippen LogP contribution in [0.25, 0.3) is 0 Å². The van der Waals surface area contributed by atoms with Gasteiger partial charge in [-0.2, -0.15) is 0 Å². The molecule has 2 aromatic rings. The number of fused-ring (bicyclic) bond motifs is 1. The lowest BCUT2D eigenvalue weighted by atomic mass is 10.1. The van der Waals surface area contributed by atoms with Crippen LogP contribution in [0.4, 0.5) is 5.69 Å². The molecule has 2 N–H and O–H groups in total. The third kappa shape index (κ3) is 2.37. The minimum Gasteiger partial charge on any atom is -0.497 e. The van der Waals surface area contributed by atoms with E-state index in [1.165, 1.54) is 0 Å². The molecule has 2 heterocycles. The average molecular weight is 273 g/mol. The van der Waals surface area contributed by atoms with Gasteiger partial charge in [0.25, 0.3) is 5.91 Å². The molecular formula is C14H15N3O3. The first-order valence-corrected chi connectivity index (χ1v) is 6.41. The van der Waals surface area contributed by atoms with Crippen LogP contribution < -0.4 is 15.4 Å². The quantitative estimate of drug-likeness (QED) is 0.888. The summed E-state index contributed by atoms with van der Waals surface area (Å²) < 4.78 is 10.3. The predicted molar refractivity (Wildman–Crippen MR) is 72.9 cm³/mol. The minimum absolute atomic E-state index is 0.260. The van der Waals surface area contributed by atoms with Gasteiger partial charge in [0.2, 0.25) is 0 Å². The number of methoxy groups -OCH3 is 1. The van der Waals surface area contributed by atoms with Gasteiger partial charge in [0.1, 0.15) is 11.5 Å². The van der Waals surface area contributed by atoms with Gasteiger partial charge in [-0.25, -0.2) is 0 Å². The monoisotopic (exact) mass is 273 g/mol. The molecule has 6 nitrogen and oxygen atoms in total. The Morgan fingerprint density at radius 2 is 2.20 bits per heavy atom. The van der Waals surface area contributed by atoms with Crippen LogP contribution in [0, 0.1) is 0 Å². The number of benzene rings is 1. The lowest BCUT2D eigenvalue weighted by molar-refractivity contribution is 0.101. The van der Waals surface area contributed by atoms with Gasteiger partial charge in [-0.05, 0) is 24.3 Å². The molecule has 0 bridgehead atoms. The number of amides is 1. The number of carbonyl (C=O) groups is 1. The van der Waals surface area contributed by atoms with Gasteiger partial charge < -0.3 is 19.9 Å². The minimum atomic E-state index is -0.260. The van der Waals surface area contributed by atoms with Crippen molar-refractivity contribution in [2.24, 2.45) is 0 Å². The van der Waals surface area contributed by atoms with E-state index in [9.17, 15) is 4.79 Å². The Labute approximate surface area is 116 Å². The molecule has 0 spiro atoms. The van der Waals surface area contributed by atoms with Crippen LogP contribution in [0.3, 0.4) is 0 Å². The summed E-state index contributed by atoms with van der Waals surface area (Å²) in [6.07, 6.45) is 0.762. The van der Waals surface area contributed by atoms with Gasteiger partial charge in [-0.3, -0.25) is 4.79 Å². The highest BCUT2D eigenvalue weighted by molar-refractivity contribution is 6.03. The second-order valence-corrected chi connectivity index (χ2v) is 4.54. The van der Waals surface area contributed by atoms with E-state index in [2.05, 4.69) is 15.8 Å². The highest BCUT2D eigenvalue weighted by Crippen LogP contribution is 2.20. The first kappa shape index (κ1) is 12.7. The Kier molecular flexibility index (Phi) is 3.39. The van der Waals surface area contributed by atoms with Gasteiger partial charge in [-0.15, -0.1) is 0 Å². The summed E-state index contributed by atoms with van der Waals surface area (Å²) in [6.45, 7) is 1.46. The van der Waals surface area contributed by atoms with Crippen molar-refractivity contribution < 1.29 is 14.1 Å². The zero-order valence-corrected chi connectivity index (χ0v) is 11.1. The summed E-state index contributed by atoms with van der Waals surface area (Å²) in [5, 5.41) is 9.88. The van der Waals surface area contributed by atoms with Crippen molar-refractivity contribution >= 4 is 11.6 Å². The van der Waals surface area contributed by atoms with Gasteiger partial charge in [0.05, 0.1) is 7.11 Å². The molecule has 3 rings (SSSR count). The van der Waals surface area contributed by atoms with Crippen molar-refractivity contribution in [3.63, 3.8) is 0 Å². The topological polar surface area (TPSA) is 76.4 Å². The van der Waals surface area contributed by atoms with E-state index >= 15 is 0 Å². The average Bonchev–Trinajstić information content (AvgIpc) is 2.92. The third-order valence-corrected chi connectivity index (χ3v) is 3.26. The fourth-order valence-corrected chi connectivity index (χ4v) is 2.18. The summed E-state index contributed by atoms with van der Waals surface area (Å²) in [5.41, 5.74) is 1.89. The van der Waals surface area contributed by atoms with Gasteiger partial charge in [-0.1, -0.05) is 5.16 Å². The lowest BCUT2D eigenvalue weighted by Gasteiger charge is -2.11. The molecule has 104 valence electrons. The SMILES string of the molecule is COc1ccc(NC(=O)c2noc3c2CNCC3)cc1. The first-order chi connectivity index (χ1) is 9.78. The van der Waals surface area contributed by atoms with E-state index in [4.69, 9.17) is 9.26 Å². The van der Waals surface area contributed by atoms with E-state index in [1.54, 1.807) is 31.4 Å². The molecule has 1 amide bonds. The summed E-state index contributed by atoms with van der Waals surface area (Å²) in [4.78, 5) is 12.2. The highest BCUT2D eigenvalue weighted by Gasteiger charge is 2.23. The number of hydrogen-bond donors (Lipinski definition) is 2. The summed E-state index contributed by atoms with van der Waals surface area (Å²) in [5.74, 6) is 1.28. The van der Waals surface area contributed by atoms with E-state index < -0.39 is 0 Å². The molecule has 1 aromatic carbocycles. The zero-order valence-electron chi connectivity index (χ0n) is 11.1. The van der Waals surface area contributed by atoms with E-state index in [0.29, 0.717) is 17.9 Å². The number of rotatable bonds is 3. The molecule has 0 atom stereocenters. The molecule has 20 heavy (non-hydrogen) atoms. The Hall–Kier alpha value is -2.34. The van der Waals surface area contributed by atoms with Crippen LogP contribution in [0.5, 0.6) is 5.75 Å². The number of hydrogen-bond acceptors (Lipinski definition) is 5. The maximum absolute atomic E-state index is 12.2. The second-order valence-electron chi connectivity index (χ2n) is 4.54. The maximum atomic E-state index is 12.2. The van der Waals surface area contributed by atoms with Crippen LogP contribution in [0.2, 0.25) is 0 Å². The van der Waals surface area contributed by atoms with Crippen LogP contribution in [0.1, 0.15) is 21.8 Å². The van der Waals surface area contributed by atoms with E-state index in [1.807, 2.05) is 0 Å². The van der Waals surface area contributed by atoms with E-state index in [-0.39, 0.29) is 5.91 Å². The third-order valence-electron chi connectivity index (χ3n) is 3.26.